The van der Waals surface area contributed by atoms with Crippen molar-refractivity contribution >= 4 is 11.9 Å². The van der Waals surface area contributed by atoms with E-state index in [0.717, 1.165) is 49.8 Å². The molecule has 0 saturated carbocycles. The Morgan fingerprint density at radius 2 is 1.56 bits per heavy atom. The van der Waals surface area contributed by atoms with Gasteiger partial charge in [-0.3, -0.25) is 9.59 Å². The number of benzene rings is 1. The standard InChI is InChI=1S/C20H30O5/c1-2-3-15-25-18-12-8-10-16(9-4-6-13-19(21)22)17(18)11-5-7-14-20(23)24/h8,10,12H,2-7,9,11,13-15H2,1H3,(H,21,22)(H,23,24). The van der Waals surface area contributed by atoms with Gasteiger partial charge < -0.3 is 14.9 Å². The molecule has 25 heavy (non-hydrogen) atoms. The largest absolute Gasteiger partial charge is 0.493 e. The molecule has 1 aromatic carbocycles. The summed E-state index contributed by atoms with van der Waals surface area (Å²) < 4.78 is 5.93. The summed E-state index contributed by atoms with van der Waals surface area (Å²) in [7, 11) is 0. The molecule has 0 atom stereocenters. The maximum absolute atomic E-state index is 10.7. The third-order valence-corrected chi connectivity index (χ3v) is 4.14. The van der Waals surface area contributed by atoms with E-state index >= 15 is 0 Å². The minimum Gasteiger partial charge on any atom is -0.493 e. The first-order valence-corrected chi connectivity index (χ1v) is 9.21. The maximum atomic E-state index is 10.7. The first kappa shape index (κ1) is 21.0. The Bertz CT molecular complexity index is 539. The number of carboxylic acids is 2. The summed E-state index contributed by atoms with van der Waals surface area (Å²) in [5, 5.41) is 17.5. The number of unbranched alkanes of at least 4 members (excludes halogenated alkanes) is 3. The van der Waals surface area contributed by atoms with E-state index in [4.69, 9.17) is 14.9 Å². The molecule has 0 saturated heterocycles. The number of carbonyl (C=O) groups is 2. The number of carboxylic acid groups (broad SMARTS) is 2. The highest BCUT2D eigenvalue weighted by Gasteiger charge is 2.10. The molecular weight excluding hydrogens is 320 g/mol. The van der Waals surface area contributed by atoms with Crippen molar-refractivity contribution in [1.29, 1.82) is 0 Å². The van der Waals surface area contributed by atoms with Gasteiger partial charge in [-0.2, -0.15) is 0 Å². The van der Waals surface area contributed by atoms with Gasteiger partial charge in [-0.15, -0.1) is 0 Å². The molecule has 0 heterocycles. The third-order valence-electron chi connectivity index (χ3n) is 4.14. The van der Waals surface area contributed by atoms with Gasteiger partial charge in [-0.05, 0) is 62.1 Å². The van der Waals surface area contributed by atoms with Crippen LogP contribution in [0.3, 0.4) is 0 Å². The monoisotopic (exact) mass is 350 g/mol. The summed E-state index contributed by atoms with van der Waals surface area (Å²) in [5.74, 6) is -0.633. The molecule has 5 nitrogen and oxygen atoms in total. The van der Waals surface area contributed by atoms with Crippen LogP contribution in [-0.2, 0) is 22.4 Å². The van der Waals surface area contributed by atoms with Gasteiger partial charge >= 0.3 is 11.9 Å². The number of hydrogen-bond donors (Lipinski definition) is 2. The lowest BCUT2D eigenvalue weighted by atomic mass is 9.96. The van der Waals surface area contributed by atoms with Gasteiger partial charge in [0.05, 0.1) is 6.61 Å². The van der Waals surface area contributed by atoms with Crippen LogP contribution in [0.15, 0.2) is 18.2 Å². The van der Waals surface area contributed by atoms with Crippen molar-refractivity contribution in [2.45, 2.75) is 71.1 Å². The molecule has 0 radical (unpaired) electrons. The minimum absolute atomic E-state index is 0.187. The Kier molecular flexibility index (Phi) is 10.4. The third kappa shape index (κ3) is 9.13. The summed E-state index contributed by atoms with van der Waals surface area (Å²) in [4.78, 5) is 21.3. The smallest absolute Gasteiger partial charge is 0.303 e. The van der Waals surface area contributed by atoms with Crippen LogP contribution in [0.1, 0.15) is 69.4 Å². The fourth-order valence-electron chi connectivity index (χ4n) is 2.76. The van der Waals surface area contributed by atoms with Crippen LogP contribution in [0.5, 0.6) is 5.75 Å². The first-order chi connectivity index (χ1) is 12.0. The van der Waals surface area contributed by atoms with Crippen molar-refractivity contribution in [2.75, 3.05) is 6.61 Å². The highest BCUT2D eigenvalue weighted by Crippen LogP contribution is 2.26. The topological polar surface area (TPSA) is 83.8 Å². The first-order valence-electron chi connectivity index (χ1n) is 9.21. The Labute approximate surface area is 150 Å². The highest BCUT2D eigenvalue weighted by molar-refractivity contribution is 5.66. The van der Waals surface area contributed by atoms with Crippen LogP contribution in [0.2, 0.25) is 0 Å². The lowest BCUT2D eigenvalue weighted by molar-refractivity contribution is -0.138. The summed E-state index contributed by atoms with van der Waals surface area (Å²) in [5.41, 5.74) is 2.34. The van der Waals surface area contributed by atoms with Crippen LogP contribution in [0, 0.1) is 0 Å². The van der Waals surface area contributed by atoms with Gasteiger partial charge in [0, 0.05) is 12.8 Å². The maximum Gasteiger partial charge on any atom is 0.303 e. The molecule has 1 aromatic rings. The molecule has 0 aliphatic heterocycles. The quantitative estimate of drug-likeness (QED) is 0.484. The predicted molar refractivity (Wildman–Crippen MR) is 97.2 cm³/mol. The number of aliphatic carboxylic acids is 2. The van der Waals surface area contributed by atoms with Crippen LogP contribution in [-0.4, -0.2) is 28.8 Å². The van der Waals surface area contributed by atoms with Crippen LogP contribution in [0.4, 0.5) is 0 Å². The Balaban J connectivity index is 2.71. The zero-order valence-corrected chi connectivity index (χ0v) is 15.1. The molecule has 1 rings (SSSR count). The number of aryl methyl sites for hydroxylation is 1. The van der Waals surface area contributed by atoms with E-state index in [0.29, 0.717) is 19.4 Å². The SMILES string of the molecule is CCCCOc1cccc(CCCCC(=O)O)c1CCCCC(=O)O. The second-order valence-electron chi connectivity index (χ2n) is 6.30. The van der Waals surface area contributed by atoms with Gasteiger partial charge in [-0.1, -0.05) is 25.5 Å². The normalized spacial score (nSPS) is 10.6. The molecule has 0 aliphatic carbocycles. The van der Waals surface area contributed by atoms with E-state index in [1.807, 2.05) is 12.1 Å². The van der Waals surface area contributed by atoms with Crippen molar-refractivity contribution in [3.05, 3.63) is 29.3 Å². The van der Waals surface area contributed by atoms with Crippen LogP contribution < -0.4 is 4.74 Å². The number of rotatable bonds is 14. The molecule has 0 aliphatic rings. The van der Waals surface area contributed by atoms with Gasteiger partial charge in [0.2, 0.25) is 0 Å². The van der Waals surface area contributed by atoms with Crippen molar-refractivity contribution in [2.24, 2.45) is 0 Å². The molecule has 0 spiro atoms. The van der Waals surface area contributed by atoms with Gasteiger partial charge in [0.15, 0.2) is 0 Å². The van der Waals surface area contributed by atoms with Crippen molar-refractivity contribution in [1.82, 2.24) is 0 Å². The average molecular weight is 350 g/mol. The summed E-state index contributed by atoms with van der Waals surface area (Å²) in [6.45, 7) is 2.80. The van der Waals surface area contributed by atoms with E-state index in [1.165, 1.54) is 5.56 Å². The molecule has 0 aromatic heterocycles. The molecule has 0 amide bonds. The number of ether oxygens (including phenoxy) is 1. The van der Waals surface area contributed by atoms with E-state index in [2.05, 4.69) is 13.0 Å². The van der Waals surface area contributed by atoms with Crippen molar-refractivity contribution in [3.8, 4) is 5.75 Å². The summed E-state index contributed by atoms with van der Waals surface area (Å²) >= 11 is 0. The fraction of sp³-hybridized carbons (Fsp3) is 0.600. The molecule has 0 bridgehead atoms. The van der Waals surface area contributed by atoms with Crippen molar-refractivity contribution in [3.63, 3.8) is 0 Å². The van der Waals surface area contributed by atoms with Gasteiger partial charge in [-0.25, -0.2) is 0 Å². The number of hydrogen-bond acceptors (Lipinski definition) is 3. The van der Waals surface area contributed by atoms with E-state index in [1.54, 1.807) is 0 Å². The van der Waals surface area contributed by atoms with Crippen LogP contribution >= 0.6 is 0 Å². The Morgan fingerprint density at radius 1 is 0.920 bits per heavy atom. The Hall–Kier alpha value is -2.04. The lowest BCUT2D eigenvalue weighted by Crippen LogP contribution is -2.04. The minimum atomic E-state index is -0.763. The van der Waals surface area contributed by atoms with Crippen LogP contribution in [0.25, 0.3) is 0 Å². The Morgan fingerprint density at radius 3 is 2.16 bits per heavy atom. The highest BCUT2D eigenvalue weighted by atomic mass is 16.5. The zero-order valence-electron chi connectivity index (χ0n) is 15.1. The molecule has 2 N–H and O–H groups in total. The molecule has 0 unspecified atom stereocenters. The lowest BCUT2D eigenvalue weighted by Gasteiger charge is -2.16. The molecule has 0 fully saturated rings. The fourth-order valence-corrected chi connectivity index (χ4v) is 2.76. The molecular formula is C20H30O5. The second-order valence-corrected chi connectivity index (χ2v) is 6.30. The summed E-state index contributed by atoms with van der Waals surface area (Å²) in [6, 6.07) is 6.03. The van der Waals surface area contributed by atoms with E-state index in [-0.39, 0.29) is 12.8 Å². The van der Waals surface area contributed by atoms with E-state index in [9.17, 15) is 9.59 Å². The average Bonchev–Trinajstić information content (AvgIpc) is 2.56. The van der Waals surface area contributed by atoms with Crippen molar-refractivity contribution < 1.29 is 24.5 Å². The summed E-state index contributed by atoms with van der Waals surface area (Å²) in [6.07, 6.45) is 7.02. The van der Waals surface area contributed by atoms with Gasteiger partial charge in [0.1, 0.15) is 5.75 Å². The second kappa shape index (κ2) is 12.3. The molecule has 140 valence electrons. The predicted octanol–water partition coefficient (Wildman–Crippen LogP) is 4.46. The molecule has 5 heteroatoms. The van der Waals surface area contributed by atoms with Gasteiger partial charge in [0.25, 0.3) is 0 Å². The zero-order chi connectivity index (χ0) is 18.5. The van der Waals surface area contributed by atoms with E-state index < -0.39 is 11.9 Å².